The van der Waals surface area contributed by atoms with Crippen LogP contribution in [0.3, 0.4) is 0 Å². The van der Waals surface area contributed by atoms with Crippen molar-refractivity contribution in [2.45, 2.75) is 45.6 Å². The van der Waals surface area contributed by atoms with E-state index in [1.54, 1.807) is 39.0 Å². The van der Waals surface area contributed by atoms with E-state index < -0.39 is 64.1 Å². The Morgan fingerprint density at radius 2 is 1.76 bits per heavy atom. The van der Waals surface area contributed by atoms with Crippen LogP contribution in [0.25, 0.3) is 16.6 Å². The molecule has 3 aromatic carbocycles. The minimum absolute atomic E-state index is 0.00113. The molecule has 0 atom stereocenters. The van der Waals surface area contributed by atoms with E-state index in [0.717, 1.165) is 18.3 Å². The second-order valence-electron chi connectivity index (χ2n) is 12.2. The molecule has 2 heterocycles. The van der Waals surface area contributed by atoms with Gasteiger partial charge in [0.15, 0.2) is 11.6 Å². The Hall–Kier alpha value is -5.08. The molecule has 3 N–H and O–H groups in total. The number of benzene rings is 3. The summed E-state index contributed by atoms with van der Waals surface area (Å²) >= 11 is 6.73. The summed E-state index contributed by atoms with van der Waals surface area (Å²) in [5, 5.41) is 22.3. The number of fused-ring (bicyclic) bond motifs is 1. The van der Waals surface area contributed by atoms with Crippen LogP contribution in [-0.4, -0.2) is 70.8 Å². The maximum atomic E-state index is 15.5. The van der Waals surface area contributed by atoms with Gasteiger partial charge < -0.3 is 43.9 Å². The number of anilines is 1. The maximum Gasteiger partial charge on any atom is 0.410 e. The second-order valence-corrected chi connectivity index (χ2v) is 12.6. The van der Waals surface area contributed by atoms with Crippen LogP contribution in [0.15, 0.2) is 47.4 Å². The molecule has 0 radical (unpaired) electrons. The molecule has 0 aliphatic carbocycles. The van der Waals surface area contributed by atoms with Crippen molar-refractivity contribution in [1.29, 1.82) is 0 Å². The molecule has 1 amide bonds. The second kappa shape index (κ2) is 13.8. The first-order chi connectivity index (χ1) is 23.1. The minimum atomic E-state index is -1.60. The molecule has 1 saturated heterocycles. The number of halogens is 3. The lowest BCUT2D eigenvalue weighted by molar-refractivity contribution is -0.0228. The molecule has 1 aromatic heterocycles. The van der Waals surface area contributed by atoms with Crippen LogP contribution < -0.4 is 25.0 Å². The van der Waals surface area contributed by atoms with Crippen molar-refractivity contribution < 1.29 is 47.5 Å². The van der Waals surface area contributed by atoms with E-state index in [9.17, 15) is 24.6 Å². The highest BCUT2D eigenvalue weighted by molar-refractivity contribution is 6.36. The van der Waals surface area contributed by atoms with Gasteiger partial charge in [-0.05, 0) is 51.1 Å². The summed E-state index contributed by atoms with van der Waals surface area (Å²) in [7, 11) is 2.98. The smallest absolute Gasteiger partial charge is 0.410 e. The van der Waals surface area contributed by atoms with E-state index in [0.29, 0.717) is 17.1 Å². The van der Waals surface area contributed by atoms with Crippen molar-refractivity contribution in [2.75, 3.05) is 32.6 Å². The number of ether oxygens (including phenoxy) is 4. The number of aliphatic hydroxyl groups excluding tert-OH is 1. The molecule has 0 saturated carbocycles. The number of nitrogens with one attached hydrogen (secondary N) is 1. The molecular weight excluding hydrogens is 668 g/mol. The van der Waals surface area contributed by atoms with Gasteiger partial charge in [0.2, 0.25) is 5.43 Å². The molecule has 49 heavy (non-hydrogen) atoms. The number of rotatable bonds is 10. The fourth-order valence-corrected chi connectivity index (χ4v) is 5.61. The zero-order chi connectivity index (χ0) is 35.8. The zero-order valence-corrected chi connectivity index (χ0v) is 28.0. The normalized spacial score (nSPS) is 13.2. The van der Waals surface area contributed by atoms with Gasteiger partial charge in [0, 0.05) is 29.9 Å². The summed E-state index contributed by atoms with van der Waals surface area (Å²) in [4.78, 5) is 39.1. The lowest BCUT2D eigenvalue weighted by atomic mass is 10.1. The van der Waals surface area contributed by atoms with Crippen molar-refractivity contribution in [1.82, 2.24) is 9.47 Å². The molecule has 0 spiro atoms. The van der Waals surface area contributed by atoms with E-state index in [-0.39, 0.29) is 47.1 Å². The maximum absolute atomic E-state index is 15.5. The molecule has 1 aliphatic rings. The van der Waals surface area contributed by atoms with E-state index in [1.807, 2.05) is 0 Å². The largest absolute Gasteiger partial charge is 0.497 e. The molecule has 12 nitrogen and oxygen atoms in total. The number of carbonyl (C=O) groups excluding carboxylic acids is 1. The minimum Gasteiger partial charge on any atom is -0.497 e. The zero-order valence-electron chi connectivity index (χ0n) is 27.2. The summed E-state index contributed by atoms with van der Waals surface area (Å²) in [5.74, 6) is -2.82. The lowest BCUT2D eigenvalue weighted by Gasteiger charge is -2.39. The number of likely N-dealkylation sites (tertiary alicyclic amines) is 1. The monoisotopic (exact) mass is 701 g/mol. The average Bonchev–Trinajstić information content (AvgIpc) is 3.02. The number of methoxy groups -OCH3 is 2. The topological polar surface area (TPSA) is 149 Å². The number of hydrogen-bond donors (Lipinski definition) is 3. The van der Waals surface area contributed by atoms with Gasteiger partial charge in [0.25, 0.3) is 0 Å². The number of amides is 1. The standard InChI is InChI=1S/C34H34ClF2N3O9/c1-34(2,3)49-33(45)39-13-20(14-39)48-31-24(37)10-21-29(28(31)35)40(15-22(30(21)42)32(43)44)26-11-25(23(36)8-18(26)16-41)38-12-17-6-7-19(46-4)9-27(17)47-5/h6-11,15,20,38,41H,12-14,16H2,1-5H3,(H,43,44). The fourth-order valence-electron chi connectivity index (χ4n) is 5.28. The SMILES string of the molecule is COc1ccc(CNc2cc(-n3cc(C(=O)O)c(=O)c4cc(F)c(OC5CN(C(=O)OC(C)(C)C)C5)c(Cl)c43)c(CO)cc2F)c(OC)c1. The van der Waals surface area contributed by atoms with Crippen LogP contribution in [0.2, 0.25) is 5.02 Å². The van der Waals surface area contributed by atoms with Crippen molar-refractivity contribution in [3.05, 3.63) is 86.2 Å². The average molecular weight is 702 g/mol. The third-order valence-corrected chi connectivity index (χ3v) is 8.07. The first kappa shape index (κ1) is 35.2. The summed E-state index contributed by atoms with van der Waals surface area (Å²) in [6, 6.07) is 8.25. The first-order valence-electron chi connectivity index (χ1n) is 15.0. The van der Waals surface area contributed by atoms with Crippen LogP contribution in [0.1, 0.15) is 42.3 Å². The third kappa shape index (κ3) is 7.20. The number of nitrogens with zero attached hydrogens (tertiary/aromatic N) is 2. The Kier molecular flexibility index (Phi) is 9.92. The predicted molar refractivity (Wildman–Crippen MR) is 176 cm³/mol. The summed E-state index contributed by atoms with van der Waals surface area (Å²) in [5.41, 5.74) is -1.99. The van der Waals surface area contributed by atoms with Gasteiger partial charge in [-0.1, -0.05) is 11.6 Å². The van der Waals surface area contributed by atoms with Crippen molar-refractivity contribution in [2.24, 2.45) is 0 Å². The molecule has 4 aromatic rings. The summed E-state index contributed by atoms with van der Waals surface area (Å²) in [6.45, 7) is 4.68. The Labute approximate surface area is 284 Å². The van der Waals surface area contributed by atoms with Gasteiger partial charge in [-0.3, -0.25) is 4.79 Å². The van der Waals surface area contributed by atoms with E-state index in [4.69, 9.17) is 30.5 Å². The summed E-state index contributed by atoms with van der Waals surface area (Å²) in [6.07, 6.45) is -0.285. The highest BCUT2D eigenvalue weighted by atomic mass is 35.5. The van der Waals surface area contributed by atoms with Gasteiger partial charge in [0.1, 0.15) is 39.6 Å². The van der Waals surface area contributed by atoms with Gasteiger partial charge in [-0.15, -0.1) is 0 Å². The van der Waals surface area contributed by atoms with Crippen LogP contribution >= 0.6 is 11.6 Å². The van der Waals surface area contributed by atoms with E-state index >= 15 is 8.78 Å². The molecular formula is C34H34ClF2N3O9. The number of aromatic carboxylic acids is 1. The number of carbonyl (C=O) groups is 2. The fraction of sp³-hybridized carbons (Fsp3) is 0.324. The van der Waals surface area contributed by atoms with Crippen LogP contribution in [0.5, 0.6) is 17.2 Å². The number of carboxylic acid groups (broad SMARTS) is 1. The Morgan fingerprint density at radius 1 is 1.04 bits per heavy atom. The predicted octanol–water partition coefficient (Wildman–Crippen LogP) is 5.74. The number of carboxylic acids is 1. The number of aromatic nitrogens is 1. The molecule has 15 heteroatoms. The quantitative estimate of drug-likeness (QED) is 0.187. The van der Waals surface area contributed by atoms with Gasteiger partial charge in [-0.2, -0.15) is 0 Å². The van der Waals surface area contributed by atoms with E-state index in [1.165, 1.54) is 29.8 Å². The van der Waals surface area contributed by atoms with Crippen LogP contribution in [0, 0.1) is 11.6 Å². The third-order valence-electron chi connectivity index (χ3n) is 7.72. The highest BCUT2D eigenvalue weighted by Gasteiger charge is 2.36. The number of hydrogen-bond acceptors (Lipinski definition) is 9. The van der Waals surface area contributed by atoms with E-state index in [2.05, 4.69) is 5.32 Å². The van der Waals surface area contributed by atoms with Crippen molar-refractivity contribution >= 4 is 40.3 Å². The number of pyridine rings is 1. The van der Waals surface area contributed by atoms with Crippen molar-refractivity contribution in [3.8, 4) is 22.9 Å². The van der Waals surface area contributed by atoms with Gasteiger partial charge in [-0.25, -0.2) is 18.4 Å². The summed E-state index contributed by atoms with van der Waals surface area (Å²) < 4.78 is 53.9. The van der Waals surface area contributed by atoms with Gasteiger partial charge >= 0.3 is 12.1 Å². The number of aliphatic hydroxyl groups is 1. The van der Waals surface area contributed by atoms with Crippen molar-refractivity contribution in [3.63, 3.8) is 0 Å². The van der Waals surface area contributed by atoms with Crippen LogP contribution in [-0.2, 0) is 17.9 Å². The molecule has 1 aliphatic heterocycles. The molecule has 0 unspecified atom stereocenters. The Balaban J connectivity index is 1.58. The molecule has 0 bridgehead atoms. The first-order valence-corrected chi connectivity index (χ1v) is 15.4. The molecule has 260 valence electrons. The lowest BCUT2D eigenvalue weighted by Crippen LogP contribution is -2.57. The highest BCUT2D eigenvalue weighted by Crippen LogP contribution is 2.39. The molecule has 5 rings (SSSR count). The van der Waals surface area contributed by atoms with Crippen LogP contribution in [0.4, 0.5) is 19.3 Å². The molecule has 1 fully saturated rings. The Bertz CT molecular complexity index is 2010. The Morgan fingerprint density at radius 3 is 2.37 bits per heavy atom. The van der Waals surface area contributed by atoms with Gasteiger partial charge in [0.05, 0.1) is 56.2 Å².